The second kappa shape index (κ2) is 20.2. The van der Waals surface area contributed by atoms with Crippen molar-refractivity contribution < 1.29 is 106 Å². The Kier molecular flexibility index (Phi) is 17.3. The van der Waals surface area contributed by atoms with Gasteiger partial charge in [-0.15, -0.1) is 0 Å². The van der Waals surface area contributed by atoms with Crippen LogP contribution in [-0.2, 0) is 63.4 Å². The van der Waals surface area contributed by atoms with Gasteiger partial charge in [0, 0.05) is 18.3 Å². The Bertz CT molecular complexity index is 2130. The molecule has 2 aliphatic rings. The number of halogens is 8. The van der Waals surface area contributed by atoms with Gasteiger partial charge in [-0.05, 0) is 113 Å². The molecule has 24 heteroatoms. The lowest BCUT2D eigenvalue weighted by atomic mass is 9.61. The summed E-state index contributed by atoms with van der Waals surface area (Å²) < 4.78 is 174. The molecule has 0 radical (unpaired) electrons. The van der Waals surface area contributed by atoms with Crippen molar-refractivity contribution in [2.45, 2.75) is 167 Å². The summed E-state index contributed by atoms with van der Waals surface area (Å²) in [5.41, 5.74) is -16.8. The van der Waals surface area contributed by atoms with Gasteiger partial charge in [-0.3, -0.25) is 19.2 Å². The Labute approximate surface area is 395 Å². The van der Waals surface area contributed by atoms with Gasteiger partial charge in [0.05, 0.1) is 28.3 Å². The maximum absolute atomic E-state index is 14.9. The van der Waals surface area contributed by atoms with Crippen molar-refractivity contribution in [2.24, 2.45) is 33.5 Å². The van der Waals surface area contributed by atoms with Gasteiger partial charge in [0.2, 0.25) is 6.10 Å². The van der Waals surface area contributed by atoms with Crippen molar-refractivity contribution in [1.29, 1.82) is 0 Å². The van der Waals surface area contributed by atoms with E-state index in [0.717, 1.165) is 20.8 Å². The van der Waals surface area contributed by atoms with Gasteiger partial charge in [0.15, 0.2) is 27.9 Å². The van der Waals surface area contributed by atoms with E-state index in [1.54, 1.807) is 51.1 Å². The van der Waals surface area contributed by atoms with Crippen LogP contribution in [0.15, 0.2) is 30.3 Å². The first-order valence-corrected chi connectivity index (χ1v) is 23.3. The van der Waals surface area contributed by atoms with E-state index < -0.39 is 165 Å². The number of hydrogen-bond acceptors (Lipinski definition) is 15. The quantitative estimate of drug-likeness (QED) is 0.0555. The summed E-state index contributed by atoms with van der Waals surface area (Å²) >= 11 is 0. The molecule has 3 rings (SSSR count). The van der Waals surface area contributed by atoms with Crippen LogP contribution in [0.1, 0.15) is 126 Å². The molecule has 8 unspecified atom stereocenters. The fraction of sp³-hybridized carbons (Fsp3) is 0.756. The summed E-state index contributed by atoms with van der Waals surface area (Å²) in [4.78, 5) is 69.9. The molecule has 0 bridgehead atoms. The zero-order chi connectivity index (χ0) is 53.4. The SMILES string of the molecule is CCC(C)(CC(C)(CC(C)(CC(C)(C)C(=O)OCC(F)(F)S(=O)(=O)[O-])C(=O)OC1CC(C(C)(O)C(F)(F)F)CC(C(C)(O)C(F)(F)F)C1)C(=O)OC1CCOC1=O)C(=O)OC(C)(C)c1ccccc1. The van der Waals surface area contributed by atoms with Gasteiger partial charge >= 0.3 is 47.5 Å². The molecular weight excluding hydrogens is 965 g/mol. The van der Waals surface area contributed by atoms with Crippen LogP contribution in [0.25, 0.3) is 0 Å². The summed E-state index contributed by atoms with van der Waals surface area (Å²) in [5, 5.41) is 16.2. The molecule has 8 atom stereocenters. The fourth-order valence-corrected chi connectivity index (χ4v) is 9.29. The topological polar surface area (TPSA) is 229 Å². The molecule has 69 heavy (non-hydrogen) atoms. The van der Waals surface area contributed by atoms with Crippen molar-refractivity contribution in [3.8, 4) is 0 Å². The van der Waals surface area contributed by atoms with E-state index >= 15 is 0 Å². The van der Waals surface area contributed by atoms with Gasteiger partial charge in [0.1, 0.15) is 11.7 Å². The van der Waals surface area contributed by atoms with E-state index in [9.17, 15) is 82.3 Å². The average molecular weight is 1030 g/mol. The Morgan fingerprint density at radius 2 is 1.16 bits per heavy atom. The Morgan fingerprint density at radius 3 is 1.59 bits per heavy atom. The lowest BCUT2D eigenvalue weighted by molar-refractivity contribution is -0.299. The number of cyclic esters (lactones) is 1. The maximum Gasteiger partial charge on any atom is 0.417 e. The predicted molar refractivity (Wildman–Crippen MR) is 223 cm³/mol. The third-order valence-corrected chi connectivity index (χ3v) is 14.4. The number of carbonyl (C=O) groups excluding carboxylic acids is 5. The average Bonchev–Trinajstić information content (AvgIpc) is 3.61. The first-order valence-electron chi connectivity index (χ1n) is 21.9. The summed E-state index contributed by atoms with van der Waals surface area (Å²) in [5.74, 6) is -10.7. The number of benzene rings is 1. The highest BCUT2D eigenvalue weighted by atomic mass is 32.2. The fourth-order valence-electron chi connectivity index (χ4n) is 9.09. The largest absolute Gasteiger partial charge is 0.743 e. The molecule has 1 heterocycles. The number of ether oxygens (including phenoxy) is 5. The molecule has 2 fully saturated rings. The van der Waals surface area contributed by atoms with Gasteiger partial charge in [-0.1, -0.05) is 37.3 Å². The second-order valence-electron chi connectivity index (χ2n) is 20.7. The first kappa shape index (κ1) is 59.2. The molecule has 15 nitrogen and oxygen atoms in total. The Hall–Kier alpha value is -4.16. The van der Waals surface area contributed by atoms with E-state index in [2.05, 4.69) is 4.74 Å². The lowest BCUT2D eigenvalue weighted by Crippen LogP contribution is -2.57. The minimum Gasteiger partial charge on any atom is -0.743 e. The molecular formula is C45H61F8O15S-. The van der Waals surface area contributed by atoms with Crippen molar-refractivity contribution in [2.75, 3.05) is 13.2 Å². The van der Waals surface area contributed by atoms with Crippen LogP contribution in [0.4, 0.5) is 35.1 Å². The third kappa shape index (κ3) is 13.4. The van der Waals surface area contributed by atoms with E-state index in [1.165, 1.54) is 13.8 Å². The van der Waals surface area contributed by atoms with E-state index in [0.29, 0.717) is 5.56 Å². The minimum absolute atomic E-state index is 0.0933. The summed E-state index contributed by atoms with van der Waals surface area (Å²) in [6.07, 6.45) is -20.1. The van der Waals surface area contributed by atoms with Gasteiger partial charge in [-0.2, -0.15) is 35.1 Å². The highest BCUT2D eigenvalue weighted by molar-refractivity contribution is 7.86. The molecule has 0 aromatic heterocycles. The van der Waals surface area contributed by atoms with Crippen LogP contribution in [0.2, 0.25) is 0 Å². The zero-order valence-electron chi connectivity index (χ0n) is 39.9. The molecule has 1 saturated carbocycles. The first-order chi connectivity index (χ1) is 30.9. The van der Waals surface area contributed by atoms with Gasteiger partial charge < -0.3 is 38.5 Å². The molecule has 0 spiro atoms. The summed E-state index contributed by atoms with van der Waals surface area (Å²) in [7, 11) is -6.39. The summed E-state index contributed by atoms with van der Waals surface area (Å²) in [6, 6.07) is 8.44. The van der Waals surface area contributed by atoms with E-state index in [1.807, 2.05) is 0 Å². The molecule has 394 valence electrons. The molecule has 2 N–H and O–H groups in total. The number of esters is 5. The van der Waals surface area contributed by atoms with Crippen LogP contribution in [0.5, 0.6) is 0 Å². The van der Waals surface area contributed by atoms with Crippen LogP contribution >= 0.6 is 0 Å². The smallest absolute Gasteiger partial charge is 0.417 e. The highest BCUT2D eigenvalue weighted by Crippen LogP contribution is 2.53. The van der Waals surface area contributed by atoms with Crippen LogP contribution < -0.4 is 0 Å². The number of carbonyl (C=O) groups is 5. The molecule has 1 aliphatic heterocycles. The van der Waals surface area contributed by atoms with E-state index in [-0.39, 0.29) is 33.3 Å². The van der Waals surface area contributed by atoms with Crippen LogP contribution in [0.3, 0.4) is 0 Å². The van der Waals surface area contributed by atoms with Crippen molar-refractivity contribution >= 4 is 40.0 Å². The number of rotatable bonds is 20. The van der Waals surface area contributed by atoms with Gasteiger partial charge in [-0.25, -0.2) is 13.2 Å². The highest BCUT2D eigenvalue weighted by Gasteiger charge is 2.63. The number of aliphatic hydroxyl groups is 2. The van der Waals surface area contributed by atoms with E-state index in [4.69, 9.17) is 18.9 Å². The maximum atomic E-state index is 14.9. The molecule has 1 saturated heterocycles. The standard InChI is InChI=1S/C45H62F8O15S/c1-11-38(6,35(58)68-37(4,5)26-15-13-12-14-16-26)23-40(8,34(57)67-30-17-18-64-31(30)54)24-39(7,22-36(2,3)32(55)65-25-43(46,47)69(61,62)63)33(56)66-29-20-27(41(9,59)44(48,49)50)19-28(21-29)42(10,60)45(51,52)53/h12-16,27-30,59-60H,11,17-25H2,1-10H3,(H,61,62,63)/p-1. The van der Waals surface area contributed by atoms with Crippen molar-refractivity contribution in [3.05, 3.63) is 35.9 Å². The predicted octanol–water partition coefficient (Wildman–Crippen LogP) is 7.58. The monoisotopic (exact) mass is 1030 g/mol. The van der Waals surface area contributed by atoms with Crippen molar-refractivity contribution in [1.82, 2.24) is 0 Å². The third-order valence-electron chi connectivity index (χ3n) is 13.6. The molecule has 0 amide bonds. The zero-order valence-corrected chi connectivity index (χ0v) is 40.7. The van der Waals surface area contributed by atoms with Gasteiger partial charge in [0.25, 0.3) is 0 Å². The normalized spacial score (nSPS) is 24.2. The Morgan fingerprint density at radius 1 is 0.696 bits per heavy atom. The van der Waals surface area contributed by atoms with Crippen LogP contribution in [0, 0.1) is 33.5 Å². The van der Waals surface area contributed by atoms with Crippen LogP contribution in [-0.4, -0.2) is 107 Å². The Balaban J connectivity index is 2.26. The molecule has 1 aliphatic carbocycles. The second-order valence-corrected chi connectivity index (χ2v) is 22.2. The van der Waals surface area contributed by atoms with Crippen molar-refractivity contribution in [3.63, 3.8) is 0 Å². The summed E-state index contributed by atoms with van der Waals surface area (Å²) in [6.45, 7) is 8.37. The number of hydrogen-bond donors (Lipinski definition) is 2. The molecule has 1 aromatic carbocycles. The number of alkyl halides is 8. The molecule has 1 aromatic rings. The minimum atomic E-state index is -6.39. The lowest BCUT2D eigenvalue weighted by Gasteiger charge is -2.47.